The van der Waals surface area contributed by atoms with E-state index in [0.717, 1.165) is 22.3 Å². The normalized spacial score (nSPS) is 15.8. The van der Waals surface area contributed by atoms with Crippen LogP contribution in [0.25, 0.3) is 0 Å². The average Bonchev–Trinajstić information content (AvgIpc) is 3.24. The molecule has 0 aliphatic carbocycles. The van der Waals surface area contributed by atoms with Crippen LogP contribution in [-0.2, 0) is 11.3 Å². The molecular weight excluding hydrogens is 543 g/mol. The Morgan fingerprint density at radius 3 is 2.55 bits per heavy atom. The van der Waals surface area contributed by atoms with Crippen LogP contribution in [0.1, 0.15) is 50.0 Å². The number of thioether (sulfide) groups is 1. The van der Waals surface area contributed by atoms with E-state index < -0.39 is 29.7 Å². The third-order valence-electron chi connectivity index (χ3n) is 5.42. The number of anilines is 1. The minimum atomic E-state index is -4.93. The van der Waals surface area contributed by atoms with E-state index in [-0.39, 0.29) is 18.2 Å². The fourth-order valence-electron chi connectivity index (χ4n) is 3.94. The van der Waals surface area contributed by atoms with Gasteiger partial charge < -0.3 is 25.0 Å². The number of carbonyl (C=O) groups is 2. The number of halogens is 4. The van der Waals surface area contributed by atoms with Crippen LogP contribution in [0.3, 0.4) is 0 Å². The lowest BCUT2D eigenvalue weighted by molar-refractivity contribution is -0.274. The second kappa shape index (κ2) is 12.4. The van der Waals surface area contributed by atoms with Crippen molar-refractivity contribution >= 4 is 41.1 Å². The summed E-state index contributed by atoms with van der Waals surface area (Å²) < 4.78 is 48.5. The van der Waals surface area contributed by atoms with Gasteiger partial charge in [-0.25, -0.2) is 4.79 Å². The molecule has 0 spiro atoms. The molecule has 0 radical (unpaired) electrons. The van der Waals surface area contributed by atoms with Gasteiger partial charge in [-0.15, -0.1) is 24.9 Å². The van der Waals surface area contributed by atoms with Crippen molar-refractivity contribution in [3.8, 4) is 5.75 Å². The predicted octanol–water partition coefficient (Wildman–Crippen LogP) is 6.38. The summed E-state index contributed by atoms with van der Waals surface area (Å²) in [7, 11) is 0. The first-order valence-corrected chi connectivity index (χ1v) is 13.4. The average molecular weight is 574 g/mol. The van der Waals surface area contributed by atoms with Crippen LogP contribution in [0.2, 0.25) is 5.02 Å². The first-order chi connectivity index (χ1) is 17.7. The molecule has 2 aromatic carbocycles. The van der Waals surface area contributed by atoms with Crippen LogP contribution in [0.15, 0.2) is 41.3 Å². The highest BCUT2D eigenvalue weighted by molar-refractivity contribution is 7.99. The maximum Gasteiger partial charge on any atom is 0.573 e. The molecule has 7 nitrogen and oxygen atoms in total. The monoisotopic (exact) mass is 573 g/mol. The molecule has 1 unspecified atom stereocenters. The highest BCUT2D eigenvalue weighted by Crippen LogP contribution is 2.31. The van der Waals surface area contributed by atoms with Crippen molar-refractivity contribution in [2.24, 2.45) is 0 Å². The molecule has 208 valence electrons. The van der Waals surface area contributed by atoms with Gasteiger partial charge >= 0.3 is 12.5 Å². The quantitative estimate of drug-likeness (QED) is 0.357. The molecule has 1 fully saturated rings. The molecule has 1 atom stereocenters. The van der Waals surface area contributed by atoms with Gasteiger partial charge in [-0.3, -0.25) is 4.79 Å². The summed E-state index contributed by atoms with van der Waals surface area (Å²) in [5, 5.41) is 6.06. The molecule has 38 heavy (non-hydrogen) atoms. The molecule has 12 heteroatoms. The van der Waals surface area contributed by atoms with Gasteiger partial charge in [0.25, 0.3) is 5.91 Å². The lowest BCUT2D eigenvalue weighted by atomic mass is 10.1. The van der Waals surface area contributed by atoms with E-state index in [1.54, 1.807) is 49.6 Å². The van der Waals surface area contributed by atoms with E-state index in [1.165, 1.54) is 12.1 Å². The van der Waals surface area contributed by atoms with E-state index in [4.69, 9.17) is 16.3 Å². The maximum atomic E-state index is 13.0. The van der Waals surface area contributed by atoms with Crippen LogP contribution in [0.5, 0.6) is 5.75 Å². The Morgan fingerprint density at radius 1 is 1.16 bits per heavy atom. The van der Waals surface area contributed by atoms with Gasteiger partial charge in [-0.1, -0.05) is 18.5 Å². The highest BCUT2D eigenvalue weighted by Gasteiger charge is 2.32. The molecule has 1 aliphatic heterocycles. The molecular formula is C26H31ClF3N3O4S. The Labute approximate surface area is 229 Å². The molecule has 0 bridgehead atoms. The summed E-state index contributed by atoms with van der Waals surface area (Å²) in [6, 6.07) is 8.89. The Balaban J connectivity index is 1.77. The smallest absolute Gasteiger partial charge is 0.444 e. The number of benzene rings is 2. The molecule has 2 amide bonds. The lowest BCUT2D eigenvalue weighted by Crippen LogP contribution is -2.40. The fraction of sp³-hybridized carbons (Fsp3) is 0.462. The van der Waals surface area contributed by atoms with Gasteiger partial charge in [-0.05, 0) is 68.8 Å². The second-order valence-electron chi connectivity index (χ2n) is 9.71. The van der Waals surface area contributed by atoms with E-state index in [1.807, 2.05) is 13.0 Å². The molecule has 2 N–H and O–H groups in total. The number of nitrogens with one attached hydrogen (secondary N) is 2. The lowest BCUT2D eigenvalue weighted by Gasteiger charge is -2.23. The Bertz CT molecular complexity index is 1160. The molecule has 2 aromatic rings. The first-order valence-electron chi connectivity index (χ1n) is 12.1. The molecule has 0 saturated carbocycles. The predicted molar refractivity (Wildman–Crippen MR) is 142 cm³/mol. The maximum absolute atomic E-state index is 13.0. The number of hydrogen-bond donors (Lipinski definition) is 2. The zero-order chi connectivity index (χ0) is 28.1. The molecule has 0 aromatic heterocycles. The number of carbonyl (C=O) groups excluding carboxylic acids is 2. The number of hydrogen-bond acceptors (Lipinski definition) is 6. The number of alkyl carbamates (subject to hydrolysis) is 1. The van der Waals surface area contributed by atoms with Crippen LogP contribution in [0.4, 0.5) is 23.7 Å². The largest absolute Gasteiger partial charge is 0.573 e. The van der Waals surface area contributed by atoms with Crippen molar-refractivity contribution in [1.29, 1.82) is 0 Å². The van der Waals surface area contributed by atoms with Gasteiger partial charge in [-0.2, -0.15) is 0 Å². The highest BCUT2D eigenvalue weighted by atomic mass is 35.5. The van der Waals surface area contributed by atoms with E-state index in [2.05, 4.69) is 15.4 Å². The third-order valence-corrected chi connectivity index (χ3v) is 6.66. The summed E-state index contributed by atoms with van der Waals surface area (Å²) in [4.78, 5) is 27.9. The van der Waals surface area contributed by atoms with Crippen molar-refractivity contribution in [2.45, 2.75) is 63.6 Å². The van der Waals surface area contributed by atoms with Gasteiger partial charge in [0, 0.05) is 46.9 Å². The molecule has 1 saturated heterocycles. The minimum Gasteiger partial charge on any atom is -0.444 e. The van der Waals surface area contributed by atoms with Gasteiger partial charge in [0.2, 0.25) is 0 Å². The fourth-order valence-corrected chi connectivity index (χ4v) is 4.92. The summed E-state index contributed by atoms with van der Waals surface area (Å²) in [6.07, 6.45) is -4.94. The van der Waals surface area contributed by atoms with E-state index in [9.17, 15) is 22.8 Å². The van der Waals surface area contributed by atoms with Gasteiger partial charge in [0.1, 0.15) is 11.4 Å². The zero-order valence-corrected chi connectivity index (χ0v) is 23.1. The summed E-state index contributed by atoms with van der Waals surface area (Å²) in [5.74, 6) is -0.245. The minimum absolute atomic E-state index is 0.0111. The molecule has 1 aliphatic rings. The van der Waals surface area contributed by atoms with E-state index in [0.29, 0.717) is 30.2 Å². The summed E-state index contributed by atoms with van der Waals surface area (Å²) in [6.45, 7) is 8.19. The number of nitrogens with zero attached hydrogens (tertiary/aromatic N) is 1. The van der Waals surface area contributed by atoms with Crippen molar-refractivity contribution in [3.05, 3.63) is 52.5 Å². The van der Waals surface area contributed by atoms with Crippen LogP contribution in [-0.4, -0.2) is 48.8 Å². The Kier molecular flexibility index (Phi) is 9.69. The van der Waals surface area contributed by atoms with Crippen molar-refractivity contribution < 1.29 is 32.2 Å². The topological polar surface area (TPSA) is 79.9 Å². The third kappa shape index (κ3) is 9.20. The zero-order valence-electron chi connectivity index (χ0n) is 21.6. The number of ether oxygens (including phenoxy) is 2. The first kappa shape index (κ1) is 29.8. The number of alkyl halides is 3. The number of rotatable bonds is 8. The number of amides is 2. The standard InChI is InChI=1S/C26H31ClF3N3O4S/c1-5-38-22-7-6-18(27)10-17(22)14-31-23(34)16-11-20(13-21(12-16)36-26(28,29)30)33-9-8-19(15-33)32-24(35)37-25(2,3)4/h6-7,10-13,19H,5,8-9,14-15H2,1-4H3,(H,31,34)(H,32,35). The van der Waals surface area contributed by atoms with Crippen LogP contribution >= 0.6 is 23.4 Å². The van der Waals surface area contributed by atoms with E-state index >= 15 is 0 Å². The summed E-state index contributed by atoms with van der Waals surface area (Å²) >= 11 is 7.71. The molecule has 1 heterocycles. The van der Waals surface area contributed by atoms with Crippen LogP contribution in [0, 0.1) is 0 Å². The summed E-state index contributed by atoms with van der Waals surface area (Å²) in [5.41, 5.74) is 0.526. The molecule has 3 rings (SSSR count). The van der Waals surface area contributed by atoms with Crippen LogP contribution < -0.4 is 20.3 Å². The van der Waals surface area contributed by atoms with Crippen molar-refractivity contribution in [3.63, 3.8) is 0 Å². The Hall–Kier alpha value is -2.79. The SMILES string of the molecule is CCSc1ccc(Cl)cc1CNC(=O)c1cc(OC(F)(F)F)cc(N2CCC(NC(=O)OC(C)(C)C)C2)c1. The Morgan fingerprint density at radius 2 is 1.89 bits per heavy atom. The van der Waals surface area contributed by atoms with Gasteiger partial charge in [0.15, 0.2) is 0 Å². The van der Waals surface area contributed by atoms with Gasteiger partial charge in [0.05, 0.1) is 6.04 Å². The van der Waals surface area contributed by atoms with Crippen molar-refractivity contribution in [2.75, 3.05) is 23.7 Å². The second-order valence-corrected chi connectivity index (χ2v) is 11.5. The van der Waals surface area contributed by atoms with Crippen molar-refractivity contribution in [1.82, 2.24) is 10.6 Å².